The van der Waals surface area contributed by atoms with Gasteiger partial charge >= 0.3 is 0 Å². The topological polar surface area (TPSA) is 75.4 Å². The van der Waals surface area contributed by atoms with Crippen molar-refractivity contribution in [2.45, 2.75) is 38.8 Å². The average molecular weight is 352 g/mol. The van der Waals surface area contributed by atoms with Gasteiger partial charge in [-0.3, -0.25) is 9.59 Å². The van der Waals surface area contributed by atoms with Crippen LogP contribution in [0.4, 0.5) is 0 Å². The minimum absolute atomic E-state index is 0. The van der Waals surface area contributed by atoms with Gasteiger partial charge in [0.25, 0.3) is 11.8 Å². The van der Waals surface area contributed by atoms with Crippen molar-refractivity contribution >= 4 is 24.2 Å². The highest BCUT2D eigenvalue weighted by Gasteiger charge is 2.42. The highest BCUT2D eigenvalue weighted by atomic mass is 35.5. The largest absolute Gasteiger partial charge is 0.350 e. The first-order valence-corrected chi connectivity index (χ1v) is 8.41. The number of amides is 2. The summed E-state index contributed by atoms with van der Waals surface area (Å²) in [7, 11) is 0. The molecule has 5 nitrogen and oxygen atoms in total. The molecule has 3 rings (SSSR count). The van der Waals surface area contributed by atoms with Crippen molar-refractivity contribution < 1.29 is 9.59 Å². The summed E-state index contributed by atoms with van der Waals surface area (Å²) in [6.45, 7) is 5.42. The summed E-state index contributed by atoms with van der Waals surface area (Å²) in [4.78, 5) is 26.5. The van der Waals surface area contributed by atoms with Gasteiger partial charge in [0.15, 0.2) is 0 Å². The Labute approximate surface area is 149 Å². The number of hydrogen-bond donors (Lipinski definition) is 2. The molecule has 1 saturated carbocycles. The van der Waals surface area contributed by atoms with Crippen LogP contribution in [0.5, 0.6) is 0 Å². The van der Waals surface area contributed by atoms with E-state index in [0.29, 0.717) is 23.0 Å². The van der Waals surface area contributed by atoms with Crippen LogP contribution in [0.3, 0.4) is 0 Å². The molecule has 0 radical (unpaired) electrons. The maximum atomic E-state index is 12.6. The molecule has 24 heavy (non-hydrogen) atoms. The maximum absolute atomic E-state index is 12.6. The van der Waals surface area contributed by atoms with Gasteiger partial charge in [0.2, 0.25) is 0 Å². The molecule has 2 aliphatic rings. The SMILES string of the molecule is CC(C)NC(=O)c1ccc(C(=O)N2CC3CCC(N)C3C2)cc1.Cl. The quantitative estimate of drug-likeness (QED) is 0.875. The summed E-state index contributed by atoms with van der Waals surface area (Å²) in [6.07, 6.45) is 2.21. The molecule has 0 bridgehead atoms. The molecule has 3 N–H and O–H groups in total. The number of likely N-dealkylation sites (tertiary alicyclic amines) is 1. The zero-order valence-corrected chi connectivity index (χ0v) is 15.0. The van der Waals surface area contributed by atoms with Gasteiger partial charge in [-0.25, -0.2) is 0 Å². The van der Waals surface area contributed by atoms with E-state index in [4.69, 9.17) is 5.73 Å². The van der Waals surface area contributed by atoms with Crippen molar-refractivity contribution in [3.8, 4) is 0 Å². The predicted molar refractivity (Wildman–Crippen MR) is 96.4 cm³/mol. The van der Waals surface area contributed by atoms with Crippen LogP contribution in [0, 0.1) is 11.8 Å². The first-order chi connectivity index (χ1) is 11.0. The lowest BCUT2D eigenvalue weighted by molar-refractivity contribution is 0.0778. The van der Waals surface area contributed by atoms with Crippen LogP contribution in [-0.2, 0) is 0 Å². The van der Waals surface area contributed by atoms with Crippen molar-refractivity contribution in [3.63, 3.8) is 0 Å². The summed E-state index contributed by atoms with van der Waals surface area (Å²) in [5, 5.41) is 2.85. The smallest absolute Gasteiger partial charge is 0.253 e. The van der Waals surface area contributed by atoms with Crippen LogP contribution < -0.4 is 11.1 Å². The second-order valence-electron chi connectivity index (χ2n) is 7.08. The number of carbonyl (C=O) groups is 2. The second kappa shape index (κ2) is 7.53. The Balaban J connectivity index is 0.00000208. The minimum Gasteiger partial charge on any atom is -0.350 e. The highest BCUT2D eigenvalue weighted by molar-refractivity contribution is 5.98. The van der Waals surface area contributed by atoms with Gasteiger partial charge in [-0.15, -0.1) is 12.4 Å². The summed E-state index contributed by atoms with van der Waals surface area (Å²) in [5.41, 5.74) is 7.35. The Bertz CT molecular complexity index is 603. The molecular formula is C18H26ClN3O2. The fourth-order valence-corrected chi connectivity index (χ4v) is 3.77. The molecule has 1 heterocycles. The van der Waals surface area contributed by atoms with Gasteiger partial charge in [0, 0.05) is 36.3 Å². The molecular weight excluding hydrogens is 326 g/mol. The molecule has 3 unspecified atom stereocenters. The Kier molecular flexibility index (Phi) is 5.88. The van der Waals surface area contributed by atoms with Gasteiger partial charge in [-0.1, -0.05) is 0 Å². The first kappa shape index (κ1) is 18.7. The molecule has 1 aromatic carbocycles. The number of benzene rings is 1. The van der Waals surface area contributed by atoms with Crippen molar-refractivity contribution in [2.24, 2.45) is 17.6 Å². The number of rotatable bonds is 3. The molecule has 2 amide bonds. The standard InChI is InChI=1S/C18H25N3O2.ClH/c1-11(2)20-17(22)12-3-5-13(6-4-12)18(23)21-9-14-7-8-16(19)15(14)10-21;/h3-6,11,14-16H,7-10,19H2,1-2H3,(H,20,22);1H. The molecule has 1 aliphatic carbocycles. The van der Waals surface area contributed by atoms with E-state index in [1.165, 1.54) is 0 Å². The van der Waals surface area contributed by atoms with Gasteiger partial charge < -0.3 is 16.0 Å². The molecule has 2 fully saturated rings. The van der Waals surface area contributed by atoms with E-state index >= 15 is 0 Å². The van der Waals surface area contributed by atoms with Gasteiger partial charge in [0.05, 0.1) is 0 Å². The second-order valence-corrected chi connectivity index (χ2v) is 7.08. The molecule has 1 aliphatic heterocycles. The van der Waals surface area contributed by atoms with Gasteiger partial charge in [-0.05, 0) is 62.8 Å². The van der Waals surface area contributed by atoms with E-state index in [0.717, 1.165) is 25.9 Å². The lowest BCUT2D eigenvalue weighted by Crippen LogP contribution is -2.33. The monoisotopic (exact) mass is 351 g/mol. The molecule has 0 spiro atoms. The Morgan fingerprint density at radius 1 is 1.12 bits per heavy atom. The molecule has 0 aromatic heterocycles. The van der Waals surface area contributed by atoms with Crippen LogP contribution in [0.15, 0.2) is 24.3 Å². The van der Waals surface area contributed by atoms with Gasteiger partial charge in [0.1, 0.15) is 0 Å². The van der Waals surface area contributed by atoms with E-state index in [2.05, 4.69) is 5.32 Å². The lowest BCUT2D eigenvalue weighted by Gasteiger charge is -2.19. The molecule has 3 atom stereocenters. The van der Waals surface area contributed by atoms with Crippen molar-refractivity contribution in [1.82, 2.24) is 10.2 Å². The Hall–Kier alpha value is -1.59. The van der Waals surface area contributed by atoms with E-state index in [1.54, 1.807) is 24.3 Å². The third-order valence-electron chi connectivity index (χ3n) is 5.01. The van der Waals surface area contributed by atoms with Crippen LogP contribution in [0.1, 0.15) is 47.4 Å². The number of halogens is 1. The number of fused-ring (bicyclic) bond motifs is 1. The molecule has 132 valence electrons. The summed E-state index contributed by atoms with van der Waals surface area (Å²) in [6, 6.07) is 7.25. The lowest BCUT2D eigenvalue weighted by atomic mass is 9.98. The Morgan fingerprint density at radius 3 is 2.33 bits per heavy atom. The third-order valence-corrected chi connectivity index (χ3v) is 5.01. The van der Waals surface area contributed by atoms with Crippen LogP contribution in [0.2, 0.25) is 0 Å². The molecule has 6 heteroatoms. The number of nitrogens with two attached hydrogens (primary N) is 1. The summed E-state index contributed by atoms with van der Waals surface area (Å²) in [5.74, 6) is 0.947. The van der Waals surface area contributed by atoms with Crippen LogP contribution in [-0.4, -0.2) is 41.9 Å². The zero-order valence-electron chi connectivity index (χ0n) is 14.2. The fraction of sp³-hybridized carbons (Fsp3) is 0.556. The summed E-state index contributed by atoms with van der Waals surface area (Å²) < 4.78 is 0. The maximum Gasteiger partial charge on any atom is 0.253 e. The normalized spacial score (nSPS) is 25.3. The third kappa shape index (κ3) is 3.73. The van der Waals surface area contributed by atoms with E-state index in [9.17, 15) is 9.59 Å². The van der Waals surface area contributed by atoms with E-state index in [-0.39, 0.29) is 36.3 Å². The van der Waals surface area contributed by atoms with Crippen LogP contribution in [0.25, 0.3) is 0 Å². The summed E-state index contributed by atoms with van der Waals surface area (Å²) >= 11 is 0. The van der Waals surface area contributed by atoms with E-state index < -0.39 is 0 Å². The van der Waals surface area contributed by atoms with Crippen molar-refractivity contribution in [3.05, 3.63) is 35.4 Å². The van der Waals surface area contributed by atoms with Gasteiger partial charge in [-0.2, -0.15) is 0 Å². The van der Waals surface area contributed by atoms with Crippen molar-refractivity contribution in [2.75, 3.05) is 13.1 Å². The number of nitrogens with zero attached hydrogens (tertiary/aromatic N) is 1. The predicted octanol–water partition coefficient (Wildman–Crippen LogP) is 2.06. The Morgan fingerprint density at radius 2 is 1.75 bits per heavy atom. The van der Waals surface area contributed by atoms with Crippen molar-refractivity contribution in [1.29, 1.82) is 0 Å². The average Bonchev–Trinajstić information content (AvgIpc) is 3.08. The first-order valence-electron chi connectivity index (χ1n) is 8.41. The minimum atomic E-state index is -0.110. The number of nitrogens with one attached hydrogen (secondary N) is 1. The highest BCUT2D eigenvalue weighted by Crippen LogP contribution is 2.37. The molecule has 1 saturated heterocycles. The van der Waals surface area contributed by atoms with Crippen LogP contribution >= 0.6 is 12.4 Å². The molecule has 1 aromatic rings. The number of hydrogen-bond acceptors (Lipinski definition) is 3. The zero-order chi connectivity index (χ0) is 16.6. The number of carbonyl (C=O) groups excluding carboxylic acids is 2. The van der Waals surface area contributed by atoms with E-state index in [1.807, 2.05) is 18.7 Å². The fourth-order valence-electron chi connectivity index (χ4n) is 3.77.